The van der Waals surface area contributed by atoms with Crippen molar-refractivity contribution in [2.45, 2.75) is 99.8 Å². The molecule has 0 fully saturated rings. The van der Waals surface area contributed by atoms with Crippen LogP contribution in [0.4, 0.5) is 0 Å². The molecule has 4 N–H and O–H groups in total. The molecule has 2 aromatic rings. The number of aliphatic imine (C=N–C) groups is 1. The van der Waals surface area contributed by atoms with Crippen LogP contribution < -0.4 is 16.0 Å². The van der Waals surface area contributed by atoms with Gasteiger partial charge in [0.15, 0.2) is 0 Å². The molecule has 4 heterocycles. The minimum absolute atomic E-state index is 0.00810. The fourth-order valence-corrected chi connectivity index (χ4v) is 6.44. The molecule has 43 heavy (non-hydrogen) atoms. The Morgan fingerprint density at radius 3 is 2.09 bits per heavy atom. The first-order chi connectivity index (χ1) is 20.3. The Hall–Kier alpha value is -4.20. The molecule has 0 radical (unpaired) electrons. The fourth-order valence-electron chi connectivity index (χ4n) is 6.44. The molecule has 8 heteroatoms. The van der Waals surface area contributed by atoms with Crippen molar-refractivity contribution in [3.8, 4) is 0 Å². The van der Waals surface area contributed by atoms with E-state index in [0.29, 0.717) is 11.3 Å². The Morgan fingerprint density at radius 1 is 0.814 bits per heavy atom. The van der Waals surface area contributed by atoms with Crippen molar-refractivity contribution < 1.29 is 19.5 Å². The first-order valence-electron chi connectivity index (χ1n) is 15.2. The number of carboxylic acid groups (broad SMARTS) is 1. The minimum atomic E-state index is -0.858. The lowest BCUT2D eigenvalue weighted by Gasteiger charge is -2.11. The molecule has 0 aromatic carbocycles. The number of carbonyl (C=O) groups excluding carboxylic acids is 2. The zero-order valence-corrected chi connectivity index (χ0v) is 26.8. The Labute approximate surface area is 253 Å². The standard InChI is InChI=1S/C35H44N4O4/c1-10-17(4)32-21(8)25(14-27-23(11-2)19(6)34(42)38-27)36-29(32)16-30-33(18(5)13-31(40)41)22(9)26(37-30)15-28-24(12-3)20(7)35(43)39-28/h14-18,36-37H,10-13H2,1-9H3,(H,39,43)(H,40,41)/b25-14-,28-15-,29-16-/t17-,18-/m0/s1. The molecule has 228 valence electrons. The second-order valence-corrected chi connectivity index (χ2v) is 11.8. The predicted octanol–water partition coefficient (Wildman–Crippen LogP) is 5.57. The van der Waals surface area contributed by atoms with Crippen molar-refractivity contribution in [2.24, 2.45) is 4.99 Å². The van der Waals surface area contributed by atoms with Crippen LogP contribution >= 0.6 is 0 Å². The highest BCUT2D eigenvalue weighted by Crippen LogP contribution is 2.33. The second-order valence-electron chi connectivity index (χ2n) is 11.8. The van der Waals surface area contributed by atoms with E-state index in [0.717, 1.165) is 80.5 Å². The molecule has 0 saturated carbocycles. The lowest BCUT2D eigenvalue weighted by Crippen LogP contribution is -2.15. The van der Waals surface area contributed by atoms with E-state index in [1.165, 1.54) is 5.56 Å². The first kappa shape index (κ1) is 31.7. The molecule has 2 amide bonds. The van der Waals surface area contributed by atoms with Crippen molar-refractivity contribution in [2.75, 3.05) is 0 Å². The molecule has 4 rings (SSSR count). The van der Waals surface area contributed by atoms with Crippen LogP contribution in [0.1, 0.15) is 120 Å². The van der Waals surface area contributed by atoms with Crippen molar-refractivity contribution in [1.29, 1.82) is 0 Å². The van der Waals surface area contributed by atoms with E-state index < -0.39 is 5.97 Å². The lowest BCUT2D eigenvalue weighted by atomic mass is 9.92. The number of allylic oxidation sites excluding steroid dienone is 2. The molecule has 2 aliphatic rings. The van der Waals surface area contributed by atoms with Crippen LogP contribution in [0.2, 0.25) is 0 Å². The van der Waals surface area contributed by atoms with Gasteiger partial charge in [0.05, 0.1) is 12.1 Å². The van der Waals surface area contributed by atoms with E-state index in [1.807, 2.05) is 53.7 Å². The summed E-state index contributed by atoms with van der Waals surface area (Å²) in [6.45, 7) is 18.1. The van der Waals surface area contributed by atoms with E-state index in [2.05, 4.69) is 47.1 Å². The number of rotatable bonds is 10. The van der Waals surface area contributed by atoms with Crippen molar-refractivity contribution in [3.05, 3.63) is 72.3 Å². The summed E-state index contributed by atoms with van der Waals surface area (Å²) < 4.78 is 0. The Bertz CT molecular complexity index is 1760. The minimum Gasteiger partial charge on any atom is -0.481 e. The highest BCUT2D eigenvalue weighted by molar-refractivity contribution is 6.30. The molecule has 2 aromatic heterocycles. The van der Waals surface area contributed by atoms with Gasteiger partial charge >= 0.3 is 5.97 Å². The van der Waals surface area contributed by atoms with E-state index >= 15 is 0 Å². The number of carbonyl (C=O) groups is 3. The van der Waals surface area contributed by atoms with Gasteiger partial charge in [-0.1, -0.05) is 34.6 Å². The van der Waals surface area contributed by atoms with E-state index in [4.69, 9.17) is 0 Å². The summed E-state index contributed by atoms with van der Waals surface area (Å²) in [5.41, 5.74) is 10.7. The summed E-state index contributed by atoms with van der Waals surface area (Å²) in [5, 5.41) is 14.5. The maximum atomic E-state index is 12.4. The molecular weight excluding hydrogens is 540 g/mol. The number of nitrogens with zero attached hydrogens (tertiary/aromatic N) is 1. The Morgan fingerprint density at radius 2 is 1.49 bits per heavy atom. The summed E-state index contributed by atoms with van der Waals surface area (Å²) in [5.74, 6) is -1.12. The highest BCUT2D eigenvalue weighted by Gasteiger charge is 2.25. The molecule has 8 nitrogen and oxygen atoms in total. The van der Waals surface area contributed by atoms with Gasteiger partial charge in [0.25, 0.3) is 11.8 Å². The number of aromatic nitrogens is 2. The number of hydrogen-bond donors (Lipinski definition) is 4. The summed E-state index contributed by atoms with van der Waals surface area (Å²) in [6.07, 6.45) is 8.39. The zero-order valence-electron chi connectivity index (χ0n) is 26.8. The molecule has 0 saturated heterocycles. The maximum absolute atomic E-state index is 12.4. The Balaban J connectivity index is 1.97. The van der Waals surface area contributed by atoms with Crippen LogP contribution in [0.5, 0.6) is 0 Å². The molecule has 2 atom stereocenters. The normalized spacial score (nSPS) is 18.8. The summed E-state index contributed by atoms with van der Waals surface area (Å²) in [6, 6.07) is 0. The maximum Gasteiger partial charge on any atom is 0.303 e. The number of aliphatic carboxylic acids is 1. The van der Waals surface area contributed by atoms with Gasteiger partial charge in [0, 0.05) is 38.9 Å². The van der Waals surface area contributed by atoms with Gasteiger partial charge in [-0.3, -0.25) is 14.4 Å². The average Bonchev–Trinajstić information content (AvgIpc) is 3.60. The van der Waals surface area contributed by atoms with Gasteiger partial charge in [0.1, 0.15) is 0 Å². The van der Waals surface area contributed by atoms with Crippen LogP contribution in [-0.4, -0.2) is 38.6 Å². The molecular formula is C35H44N4O4. The molecule has 0 bridgehead atoms. The zero-order chi connectivity index (χ0) is 31.7. The van der Waals surface area contributed by atoms with Gasteiger partial charge in [-0.25, -0.2) is 4.99 Å². The SMILES string of the molecule is CCC1=C(C)C(=O)N=C1/C=c1\[nH]/c(=C\c2[nH]c(/C=C3\NC(=O)C(C)=C3CC)c(C)c2[C@@H](C)CC(=O)O)c([C@@H](C)CC)c1C. The van der Waals surface area contributed by atoms with E-state index in [1.54, 1.807) is 0 Å². The van der Waals surface area contributed by atoms with Crippen molar-refractivity contribution >= 4 is 41.7 Å². The third-order valence-corrected chi connectivity index (χ3v) is 9.05. The Kier molecular flexibility index (Phi) is 9.28. The molecule has 0 spiro atoms. The average molecular weight is 585 g/mol. The van der Waals surface area contributed by atoms with Crippen LogP contribution in [0.15, 0.2) is 33.0 Å². The third kappa shape index (κ3) is 6.01. The van der Waals surface area contributed by atoms with E-state index in [-0.39, 0.29) is 30.1 Å². The van der Waals surface area contributed by atoms with E-state index in [9.17, 15) is 19.5 Å². The first-order valence-corrected chi connectivity index (χ1v) is 15.2. The smallest absolute Gasteiger partial charge is 0.303 e. The highest BCUT2D eigenvalue weighted by atomic mass is 16.4. The molecule has 0 aliphatic carbocycles. The largest absolute Gasteiger partial charge is 0.481 e. The summed E-state index contributed by atoms with van der Waals surface area (Å²) >= 11 is 0. The monoisotopic (exact) mass is 584 g/mol. The van der Waals surface area contributed by atoms with Crippen LogP contribution in [0.3, 0.4) is 0 Å². The number of carboxylic acids is 1. The number of hydrogen-bond acceptors (Lipinski definition) is 3. The van der Waals surface area contributed by atoms with Crippen LogP contribution in [0.25, 0.3) is 18.2 Å². The number of nitrogens with one attached hydrogen (secondary N) is 3. The van der Waals surface area contributed by atoms with Gasteiger partial charge < -0.3 is 20.4 Å². The number of amides is 2. The van der Waals surface area contributed by atoms with Gasteiger partial charge in [-0.2, -0.15) is 0 Å². The summed E-state index contributed by atoms with van der Waals surface area (Å²) in [4.78, 5) is 48.0. The topological polar surface area (TPSA) is 127 Å². The van der Waals surface area contributed by atoms with Crippen molar-refractivity contribution in [1.82, 2.24) is 15.3 Å². The fraction of sp³-hybridized carbons (Fsp3) is 0.429. The quantitative estimate of drug-likeness (QED) is 0.291. The lowest BCUT2D eigenvalue weighted by molar-refractivity contribution is -0.137. The predicted molar refractivity (Wildman–Crippen MR) is 172 cm³/mol. The van der Waals surface area contributed by atoms with Crippen molar-refractivity contribution in [3.63, 3.8) is 0 Å². The van der Waals surface area contributed by atoms with Crippen LogP contribution in [0, 0.1) is 13.8 Å². The van der Waals surface area contributed by atoms with Crippen LogP contribution in [-0.2, 0) is 14.4 Å². The third-order valence-electron chi connectivity index (χ3n) is 9.05. The molecule has 0 unspecified atom stereocenters. The number of H-pyrrole nitrogens is 2. The second kappa shape index (κ2) is 12.6. The van der Waals surface area contributed by atoms with Gasteiger partial charge in [0.2, 0.25) is 0 Å². The number of aromatic amines is 2. The molecule has 2 aliphatic heterocycles. The van der Waals surface area contributed by atoms with Gasteiger partial charge in [-0.05, 0) is 110 Å². The van der Waals surface area contributed by atoms with Gasteiger partial charge in [-0.15, -0.1) is 0 Å². The summed E-state index contributed by atoms with van der Waals surface area (Å²) in [7, 11) is 0.